The first-order valence-electron chi connectivity index (χ1n) is 9.57. The average Bonchev–Trinajstić information content (AvgIpc) is 3.34. The number of para-hydroxylation sites is 1. The number of thioether (sulfide) groups is 1. The first kappa shape index (κ1) is 22.0. The number of nitro benzene ring substituents is 2. The maximum atomic E-state index is 12.8. The third-order valence-electron chi connectivity index (χ3n) is 4.98. The molecule has 0 atom stereocenters. The summed E-state index contributed by atoms with van der Waals surface area (Å²) in [7, 11) is 0. The van der Waals surface area contributed by atoms with Gasteiger partial charge in [-0.05, 0) is 42.4 Å². The standard InChI is InChI=1S/C22H15N3O7S/c1-13-10-15(24(28)29)6-8-17(13)19-9-7-16(32-19)11-20-21(26)23(22(27)33-20)12-14-4-2-3-5-18(14)25(30)31/h2-11H,12H2,1H3/b20-11-. The molecule has 2 amide bonds. The van der Waals surface area contributed by atoms with Crippen molar-refractivity contribution >= 4 is 40.4 Å². The van der Waals surface area contributed by atoms with E-state index >= 15 is 0 Å². The molecule has 11 heteroatoms. The molecule has 3 aromatic rings. The van der Waals surface area contributed by atoms with E-state index in [1.165, 1.54) is 36.4 Å². The number of nitrogens with zero attached hydrogens (tertiary/aromatic N) is 3. The zero-order valence-electron chi connectivity index (χ0n) is 17.1. The molecule has 4 rings (SSSR count). The monoisotopic (exact) mass is 465 g/mol. The minimum Gasteiger partial charge on any atom is -0.457 e. The van der Waals surface area contributed by atoms with Crippen molar-refractivity contribution in [3.8, 4) is 11.3 Å². The number of benzene rings is 2. The van der Waals surface area contributed by atoms with Crippen LogP contribution in [0.4, 0.5) is 16.2 Å². The Bertz CT molecular complexity index is 1350. The first-order valence-corrected chi connectivity index (χ1v) is 10.4. The second-order valence-corrected chi connectivity index (χ2v) is 8.11. The molecule has 0 spiro atoms. The molecule has 0 unspecified atom stereocenters. The highest BCUT2D eigenvalue weighted by Gasteiger charge is 2.36. The molecule has 1 aromatic heterocycles. The largest absolute Gasteiger partial charge is 0.457 e. The van der Waals surface area contributed by atoms with Crippen molar-refractivity contribution in [1.82, 2.24) is 4.90 Å². The van der Waals surface area contributed by atoms with Gasteiger partial charge in [0.2, 0.25) is 0 Å². The Kier molecular flexibility index (Phi) is 5.80. The van der Waals surface area contributed by atoms with E-state index in [-0.39, 0.29) is 28.4 Å². The van der Waals surface area contributed by atoms with Crippen LogP contribution in [0, 0.1) is 27.2 Å². The predicted octanol–water partition coefficient (Wildman–Crippen LogP) is 5.31. The maximum Gasteiger partial charge on any atom is 0.293 e. The van der Waals surface area contributed by atoms with Crippen LogP contribution in [-0.2, 0) is 11.3 Å². The molecule has 33 heavy (non-hydrogen) atoms. The number of hydrogen-bond acceptors (Lipinski definition) is 8. The van der Waals surface area contributed by atoms with Crippen LogP contribution >= 0.6 is 11.8 Å². The average molecular weight is 465 g/mol. The fraction of sp³-hybridized carbons (Fsp3) is 0.0909. The number of rotatable bonds is 6. The SMILES string of the molecule is Cc1cc([N+](=O)[O-])ccc1-c1ccc(/C=C2\SC(=O)N(Cc3ccccc3[N+](=O)[O-])C2=O)o1. The molecule has 1 fully saturated rings. The van der Waals surface area contributed by atoms with Gasteiger partial charge in [0.25, 0.3) is 22.5 Å². The number of carbonyl (C=O) groups is 2. The molecular weight excluding hydrogens is 450 g/mol. The van der Waals surface area contributed by atoms with E-state index in [1.807, 2.05) is 0 Å². The summed E-state index contributed by atoms with van der Waals surface area (Å²) in [6.45, 7) is 1.50. The molecule has 2 heterocycles. The second-order valence-electron chi connectivity index (χ2n) is 7.11. The molecule has 2 aromatic carbocycles. The van der Waals surface area contributed by atoms with Crippen LogP contribution in [0.1, 0.15) is 16.9 Å². The van der Waals surface area contributed by atoms with Crippen LogP contribution < -0.4 is 0 Å². The highest BCUT2D eigenvalue weighted by atomic mass is 32.2. The maximum absolute atomic E-state index is 12.8. The van der Waals surface area contributed by atoms with Crippen molar-refractivity contribution in [1.29, 1.82) is 0 Å². The van der Waals surface area contributed by atoms with Crippen LogP contribution in [0.3, 0.4) is 0 Å². The lowest BCUT2D eigenvalue weighted by molar-refractivity contribution is -0.385. The van der Waals surface area contributed by atoms with Gasteiger partial charge in [0.05, 0.1) is 21.3 Å². The molecule has 1 aliphatic heterocycles. The van der Waals surface area contributed by atoms with Gasteiger partial charge in [-0.25, -0.2) is 0 Å². The smallest absolute Gasteiger partial charge is 0.293 e. The van der Waals surface area contributed by atoms with Crippen molar-refractivity contribution < 1.29 is 23.9 Å². The number of hydrogen-bond donors (Lipinski definition) is 0. The first-order chi connectivity index (χ1) is 15.7. The Morgan fingerprint density at radius 3 is 2.48 bits per heavy atom. The number of non-ortho nitro benzene ring substituents is 1. The summed E-state index contributed by atoms with van der Waals surface area (Å²) < 4.78 is 5.77. The Balaban J connectivity index is 1.56. The minimum atomic E-state index is -0.576. The summed E-state index contributed by atoms with van der Waals surface area (Å²) in [6, 6.07) is 13.6. The van der Waals surface area contributed by atoms with E-state index in [0.717, 1.165) is 16.7 Å². The molecule has 1 saturated heterocycles. The number of nitro groups is 2. The van der Waals surface area contributed by atoms with Gasteiger partial charge in [-0.15, -0.1) is 0 Å². The Morgan fingerprint density at radius 2 is 1.79 bits per heavy atom. The highest BCUT2D eigenvalue weighted by molar-refractivity contribution is 8.18. The number of carbonyl (C=O) groups excluding carboxylic acids is 2. The van der Waals surface area contributed by atoms with E-state index in [9.17, 15) is 29.8 Å². The third kappa shape index (κ3) is 4.39. The van der Waals surface area contributed by atoms with Crippen molar-refractivity contribution in [3.63, 3.8) is 0 Å². The van der Waals surface area contributed by atoms with Gasteiger partial charge < -0.3 is 4.42 Å². The highest BCUT2D eigenvalue weighted by Crippen LogP contribution is 2.36. The molecule has 10 nitrogen and oxygen atoms in total. The van der Waals surface area contributed by atoms with E-state index < -0.39 is 21.0 Å². The van der Waals surface area contributed by atoms with Crippen LogP contribution in [0.5, 0.6) is 0 Å². The van der Waals surface area contributed by atoms with Gasteiger partial charge in [-0.2, -0.15) is 0 Å². The van der Waals surface area contributed by atoms with E-state index in [2.05, 4.69) is 0 Å². The zero-order chi connectivity index (χ0) is 23.7. The van der Waals surface area contributed by atoms with Crippen molar-refractivity contribution in [2.45, 2.75) is 13.5 Å². The number of aryl methyl sites for hydroxylation is 1. The van der Waals surface area contributed by atoms with E-state index in [0.29, 0.717) is 22.6 Å². The topological polar surface area (TPSA) is 137 Å². The molecule has 0 bridgehead atoms. The van der Waals surface area contributed by atoms with Crippen LogP contribution in [0.2, 0.25) is 0 Å². The van der Waals surface area contributed by atoms with Gasteiger partial charge in [0, 0.05) is 35.4 Å². The second kappa shape index (κ2) is 8.71. The number of imide groups is 1. The van der Waals surface area contributed by atoms with Crippen molar-refractivity contribution in [2.24, 2.45) is 0 Å². The van der Waals surface area contributed by atoms with Gasteiger partial charge in [-0.1, -0.05) is 18.2 Å². The fourth-order valence-electron chi connectivity index (χ4n) is 3.37. The molecule has 1 aliphatic rings. The van der Waals surface area contributed by atoms with Crippen LogP contribution in [-0.4, -0.2) is 25.9 Å². The zero-order valence-corrected chi connectivity index (χ0v) is 17.9. The number of furan rings is 1. The van der Waals surface area contributed by atoms with Gasteiger partial charge in [0.1, 0.15) is 11.5 Å². The minimum absolute atomic E-state index is 0.0321. The fourth-order valence-corrected chi connectivity index (χ4v) is 4.19. The van der Waals surface area contributed by atoms with Crippen molar-refractivity contribution in [3.05, 3.63) is 96.6 Å². The molecule has 0 aliphatic carbocycles. The quantitative estimate of drug-likeness (QED) is 0.271. The lowest BCUT2D eigenvalue weighted by Crippen LogP contribution is -2.27. The number of amides is 2. The summed E-state index contributed by atoms with van der Waals surface area (Å²) in [4.78, 5) is 47.3. The Labute approximate surface area is 190 Å². The van der Waals surface area contributed by atoms with E-state index in [1.54, 1.807) is 31.2 Å². The molecule has 0 radical (unpaired) electrons. The molecular formula is C22H15N3O7S. The summed E-state index contributed by atoms with van der Waals surface area (Å²) in [5.41, 5.74) is 1.35. The lowest BCUT2D eigenvalue weighted by atomic mass is 10.1. The summed E-state index contributed by atoms with van der Waals surface area (Å²) in [6.07, 6.45) is 1.43. The Morgan fingerprint density at radius 1 is 1.03 bits per heavy atom. The van der Waals surface area contributed by atoms with Gasteiger partial charge in [-0.3, -0.25) is 34.7 Å². The lowest BCUT2D eigenvalue weighted by Gasteiger charge is -2.12. The van der Waals surface area contributed by atoms with Gasteiger partial charge >= 0.3 is 0 Å². The summed E-state index contributed by atoms with van der Waals surface area (Å²) in [5.74, 6) is 0.194. The summed E-state index contributed by atoms with van der Waals surface area (Å²) in [5, 5.41) is 21.6. The molecule has 0 N–H and O–H groups in total. The van der Waals surface area contributed by atoms with Crippen molar-refractivity contribution in [2.75, 3.05) is 0 Å². The van der Waals surface area contributed by atoms with Crippen LogP contribution in [0.15, 0.2) is 63.9 Å². The molecule has 166 valence electrons. The Hall–Kier alpha value is -4.25. The summed E-state index contributed by atoms with van der Waals surface area (Å²) >= 11 is 0.717. The van der Waals surface area contributed by atoms with E-state index in [4.69, 9.17) is 4.42 Å². The third-order valence-corrected chi connectivity index (χ3v) is 5.88. The predicted molar refractivity (Wildman–Crippen MR) is 120 cm³/mol. The molecule has 0 saturated carbocycles. The normalized spacial score (nSPS) is 14.8. The van der Waals surface area contributed by atoms with Crippen LogP contribution in [0.25, 0.3) is 17.4 Å². The van der Waals surface area contributed by atoms with Gasteiger partial charge in [0.15, 0.2) is 0 Å².